The van der Waals surface area contributed by atoms with E-state index in [1.54, 1.807) is 11.8 Å². The molecule has 0 heterocycles. The highest BCUT2D eigenvalue weighted by atomic mass is 32.2. The van der Waals surface area contributed by atoms with Crippen molar-refractivity contribution in [3.63, 3.8) is 0 Å². The summed E-state index contributed by atoms with van der Waals surface area (Å²) < 4.78 is 0. The van der Waals surface area contributed by atoms with Gasteiger partial charge in [-0.05, 0) is 45.5 Å². The lowest BCUT2D eigenvalue weighted by molar-refractivity contribution is 0.298. The lowest BCUT2D eigenvalue weighted by Crippen LogP contribution is -1.97. The molecule has 2 nitrogen and oxygen atoms in total. The molecule has 136 valence electrons. The van der Waals surface area contributed by atoms with Gasteiger partial charge in [0.15, 0.2) is 0 Å². The molecule has 4 aromatic rings. The van der Waals surface area contributed by atoms with E-state index < -0.39 is 0 Å². The van der Waals surface area contributed by atoms with E-state index in [0.29, 0.717) is 12.8 Å². The van der Waals surface area contributed by atoms with Crippen molar-refractivity contribution < 1.29 is 10.2 Å². The average Bonchev–Trinajstić information content (AvgIpc) is 2.71. The fourth-order valence-corrected chi connectivity index (χ4v) is 4.95. The van der Waals surface area contributed by atoms with Crippen molar-refractivity contribution in [2.24, 2.45) is 0 Å². The number of rotatable bonds is 6. The highest BCUT2D eigenvalue weighted by molar-refractivity contribution is 8.00. The summed E-state index contributed by atoms with van der Waals surface area (Å²) in [6.07, 6.45) is 1.26. The predicted molar refractivity (Wildman–Crippen MR) is 114 cm³/mol. The average molecular weight is 375 g/mol. The first-order valence-electron chi connectivity index (χ1n) is 9.22. The van der Waals surface area contributed by atoms with Gasteiger partial charge in [-0.25, -0.2) is 0 Å². The second kappa shape index (κ2) is 8.13. The van der Waals surface area contributed by atoms with Crippen LogP contribution < -0.4 is 0 Å². The molecular formula is C24H22O2S. The summed E-state index contributed by atoms with van der Waals surface area (Å²) >= 11 is 1.76. The zero-order valence-electron chi connectivity index (χ0n) is 15.1. The van der Waals surface area contributed by atoms with Crippen LogP contribution in [0.1, 0.15) is 11.1 Å². The van der Waals surface area contributed by atoms with Crippen LogP contribution >= 0.6 is 11.8 Å². The summed E-state index contributed by atoms with van der Waals surface area (Å²) in [6.45, 7) is 0.260. The van der Waals surface area contributed by atoms with Crippen molar-refractivity contribution in [1.29, 1.82) is 0 Å². The SMILES string of the molecule is OCCc1ccc2ccccc2c1Sc1c(CCO)ccc2ccccc12. The molecule has 4 aromatic carbocycles. The standard InChI is InChI=1S/C24H22O2S/c25-15-13-19-11-9-17-5-1-3-7-21(17)23(19)27-24-20(14-16-26)12-10-18-6-2-4-8-22(18)24/h1-12,25-26H,13-16H2. The second-order valence-electron chi connectivity index (χ2n) is 6.60. The summed E-state index contributed by atoms with van der Waals surface area (Å²) in [5.74, 6) is 0. The number of fused-ring (bicyclic) bond motifs is 2. The summed E-state index contributed by atoms with van der Waals surface area (Å²) in [4.78, 5) is 2.38. The Kier molecular flexibility index (Phi) is 5.44. The molecule has 0 aromatic heterocycles. The van der Waals surface area contributed by atoms with E-state index in [1.807, 2.05) is 0 Å². The van der Waals surface area contributed by atoms with E-state index in [-0.39, 0.29) is 13.2 Å². The van der Waals surface area contributed by atoms with Gasteiger partial charge in [-0.15, -0.1) is 0 Å². The molecular weight excluding hydrogens is 352 g/mol. The number of hydrogen-bond donors (Lipinski definition) is 2. The van der Waals surface area contributed by atoms with E-state index in [4.69, 9.17) is 0 Å². The van der Waals surface area contributed by atoms with E-state index in [0.717, 1.165) is 11.1 Å². The van der Waals surface area contributed by atoms with Crippen LogP contribution in [0.25, 0.3) is 21.5 Å². The van der Waals surface area contributed by atoms with Crippen LogP contribution in [0.3, 0.4) is 0 Å². The van der Waals surface area contributed by atoms with Gasteiger partial charge in [0.05, 0.1) is 0 Å². The number of benzene rings is 4. The summed E-state index contributed by atoms with van der Waals surface area (Å²) in [6, 6.07) is 25.3. The number of aliphatic hydroxyl groups excluding tert-OH is 2. The molecule has 0 aliphatic rings. The Balaban J connectivity index is 1.94. The zero-order chi connectivity index (χ0) is 18.6. The first-order chi connectivity index (χ1) is 13.3. The highest BCUT2D eigenvalue weighted by Gasteiger charge is 2.14. The van der Waals surface area contributed by atoms with Gasteiger partial charge in [0.1, 0.15) is 0 Å². The first kappa shape index (κ1) is 18.1. The molecule has 0 aliphatic carbocycles. The van der Waals surface area contributed by atoms with Crippen molar-refractivity contribution in [3.8, 4) is 0 Å². The Morgan fingerprint density at radius 2 is 1.00 bits per heavy atom. The van der Waals surface area contributed by atoms with Crippen LogP contribution in [-0.2, 0) is 12.8 Å². The molecule has 0 atom stereocenters. The normalized spacial score (nSPS) is 11.3. The fourth-order valence-electron chi connectivity index (χ4n) is 3.55. The fraction of sp³-hybridized carbons (Fsp3) is 0.167. The molecule has 0 bridgehead atoms. The lowest BCUT2D eigenvalue weighted by atomic mass is 10.0. The van der Waals surface area contributed by atoms with Gasteiger partial charge < -0.3 is 10.2 Å². The Morgan fingerprint density at radius 1 is 0.556 bits per heavy atom. The molecule has 0 amide bonds. The predicted octanol–water partition coefficient (Wildman–Crippen LogP) is 5.21. The highest BCUT2D eigenvalue weighted by Crippen LogP contribution is 2.41. The molecule has 27 heavy (non-hydrogen) atoms. The van der Waals surface area contributed by atoms with Crippen molar-refractivity contribution in [2.45, 2.75) is 22.6 Å². The number of hydrogen-bond acceptors (Lipinski definition) is 3. The summed E-state index contributed by atoms with van der Waals surface area (Å²) in [7, 11) is 0. The first-order valence-corrected chi connectivity index (χ1v) is 10.0. The van der Waals surface area contributed by atoms with Crippen LogP contribution in [-0.4, -0.2) is 23.4 Å². The van der Waals surface area contributed by atoms with Crippen molar-refractivity contribution in [3.05, 3.63) is 83.9 Å². The van der Waals surface area contributed by atoms with Crippen molar-refractivity contribution in [1.82, 2.24) is 0 Å². The minimum absolute atomic E-state index is 0.130. The topological polar surface area (TPSA) is 40.5 Å². The van der Waals surface area contributed by atoms with Gasteiger partial charge in [0.2, 0.25) is 0 Å². The Hall–Kier alpha value is -2.33. The molecule has 0 unspecified atom stereocenters. The summed E-state index contributed by atoms with van der Waals surface area (Å²) in [5.41, 5.74) is 2.31. The Bertz CT molecular complexity index is 1000. The Morgan fingerprint density at radius 3 is 1.44 bits per heavy atom. The van der Waals surface area contributed by atoms with Gasteiger partial charge in [-0.1, -0.05) is 84.6 Å². The molecule has 0 saturated heterocycles. The maximum absolute atomic E-state index is 9.55. The van der Waals surface area contributed by atoms with Crippen molar-refractivity contribution >= 4 is 33.3 Å². The third kappa shape index (κ3) is 3.59. The number of aliphatic hydroxyl groups is 2. The molecule has 0 spiro atoms. The van der Waals surface area contributed by atoms with E-state index >= 15 is 0 Å². The molecule has 3 heteroatoms. The molecule has 2 N–H and O–H groups in total. The van der Waals surface area contributed by atoms with Crippen LogP contribution in [0, 0.1) is 0 Å². The summed E-state index contributed by atoms with van der Waals surface area (Å²) in [5, 5.41) is 23.9. The quantitative estimate of drug-likeness (QED) is 0.486. The smallest absolute Gasteiger partial charge is 0.0471 e. The monoisotopic (exact) mass is 374 g/mol. The van der Waals surface area contributed by atoms with E-state index in [9.17, 15) is 10.2 Å². The lowest BCUT2D eigenvalue weighted by Gasteiger charge is -2.16. The molecule has 0 fully saturated rings. The van der Waals surface area contributed by atoms with Gasteiger partial charge in [0, 0.05) is 23.0 Å². The largest absolute Gasteiger partial charge is 0.396 e. The van der Waals surface area contributed by atoms with Crippen LogP contribution in [0.4, 0.5) is 0 Å². The van der Waals surface area contributed by atoms with Crippen LogP contribution in [0.5, 0.6) is 0 Å². The van der Waals surface area contributed by atoms with Crippen molar-refractivity contribution in [2.75, 3.05) is 13.2 Å². The van der Waals surface area contributed by atoms with Gasteiger partial charge in [-0.2, -0.15) is 0 Å². The molecule has 0 aliphatic heterocycles. The van der Waals surface area contributed by atoms with Gasteiger partial charge in [-0.3, -0.25) is 0 Å². The second-order valence-corrected chi connectivity index (χ2v) is 7.62. The zero-order valence-corrected chi connectivity index (χ0v) is 15.9. The maximum atomic E-state index is 9.55. The molecule has 4 rings (SSSR count). The van der Waals surface area contributed by atoms with E-state index in [1.165, 1.54) is 31.3 Å². The molecule has 0 radical (unpaired) electrons. The Labute approximate surface area is 163 Å². The third-order valence-electron chi connectivity index (χ3n) is 4.89. The maximum Gasteiger partial charge on any atom is 0.0471 e. The van der Waals surface area contributed by atoms with Crippen LogP contribution in [0.15, 0.2) is 82.6 Å². The van der Waals surface area contributed by atoms with E-state index in [2.05, 4.69) is 72.8 Å². The minimum atomic E-state index is 0.130. The van der Waals surface area contributed by atoms with Gasteiger partial charge >= 0.3 is 0 Å². The molecule has 0 saturated carbocycles. The minimum Gasteiger partial charge on any atom is -0.396 e. The van der Waals surface area contributed by atoms with Gasteiger partial charge in [0.25, 0.3) is 0 Å². The van der Waals surface area contributed by atoms with Crippen LogP contribution in [0.2, 0.25) is 0 Å². The third-order valence-corrected chi connectivity index (χ3v) is 6.26.